The third kappa shape index (κ3) is 4.16. The van der Waals surface area contributed by atoms with Crippen LogP contribution in [0.15, 0.2) is 36.4 Å². The van der Waals surface area contributed by atoms with E-state index in [4.69, 9.17) is 10.00 Å². The number of anilines is 1. The minimum absolute atomic E-state index is 0.0538. The lowest BCUT2D eigenvalue weighted by molar-refractivity contribution is -0.136. The van der Waals surface area contributed by atoms with Gasteiger partial charge in [-0.2, -0.15) is 5.26 Å². The number of nitrogens with one attached hydrogen (secondary N) is 2. The summed E-state index contributed by atoms with van der Waals surface area (Å²) in [5, 5.41) is 13.9. The van der Waals surface area contributed by atoms with Crippen LogP contribution in [0.1, 0.15) is 45.5 Å². The van der Waals surface area contributed by atoms with Gasteiger partial charge in [0, 0.05) is 24.2 Å². The van der Waals surface area contributed by atoms with Crippen molar-refractivity contribution in [2.45, 2.75) is 39.0 Å². The second-order valence-electron chi connectivity index (χ2n) is 7.73. The Labute approximate surface area is 184 Å². The molecule has 1 fully saturated rings. The molecule has 2 N–H and O–H groups in total. The van der Waals surface area contributed by atoms with E-state index in [1.54, 1.807) is 43.3 Å². The molecule has 2 aliphatic rings. The SMILES string of the molecule is Cc1ccc(NC(=O)OCc2ccc3c(c2)C(=O)N(C2CCC(=O)NC2=O)C3)cc1C#N. The Hall–Kier alpha value is -4.19. The van der Waals surface area contributed by atoms with Crippen molar-refractivity contribution >= 4 is 29.5 Å². The van der Waals surface area contributed by atoms with Crippen LogP contribution >= 0.6 is 0 Å². The van der Waals surface area contributed by atoms with Gasteiger partial charge in [0.15, 0.2) is 0 Å². The number of benzene rings is 2. The Morgan fingerprint density at radius 1 is 1.25 bits per heavy atom. The number of aryl methyl sites for hydroxylation is 1. The third-order valence-electron chi connectivity index (χ3n) is 5.57. The molecule has 1 saturated heterocycles. The Kier molecular flexibility index (Phi) is 5.60. The Morgan fingerprint density at radius 2 is 2.06 bits per heavy atom. The zero-order valence-electron chi connectivity index (χ0n) is 17.3. The van der Waals surface area contributed by atoms with Gasteiger partial charge < -0.3 is 9.64 Å². The highest BCUT2D eigenvalue weighted by molar-refractivity contribution is 6.05. The van der Waals surface area contributed by atoms with E-state index < -0.39 is 18.0 Å². The molecule has 2 aromatic carbocycles. The monoisotopic (exact) mass is 432 g/mol. The smallest absolute Gasteiger partial charge is 0.411 e. The number of ether oxygens (including phenoxy) is 1. The molecule has 2 aromatic rings. The molecule has 9 nitrogen and oxygen atoms in total. The maximum Gasteiger partial charge on any atom is 0.411 e. The molecule has 2 heterocycles. The molecule has 0 spiro atoms. The maximum absolute atomic E-state index is 12.9. The van der Waals surface area contributed by atoms with E-state index in [0.29, 0.717) is 28.8 Å². The van der Waals surface area contributed by atoms with Gasteiger partial charge in [-0.3, -0.25) is 25.0 Å². The van der Waals surface area contributed by atoms with Crippen LogP contribution in [0.4, 0.5) is 10.5 Å². The summed E-state index contributed by atoms with van der Waals surface area (Å²) >= 11 is 0. The van der Waals surface area contributed by atoms with E-state index in [1.807, 2.05) is 0 Å². The molecule has 0 aliphatic carbocycles. The molecule has 162 valence electrons. The Balaban J connectivity index is 1.38. The number of rotatable bonds is 4. The fraction of sp³-hybridized carbons (Fsp3) is 0.261. The first-order valence-electron chi connectivity index (χ1n) is 10.1. The third-order valence-corrected chi connectivity index (χ3v) is 5.57. The number of imide groups is 1. The van der Waals surface area contributed by atoms with Crippen molar-refractivity contribution in [1.82, 2.24) is 10.2 Å². The van der Waals surface area contributed by atoms with E-state index in [2.05, 4.69) is 16.7 Å². The minimum atomic E-state index is -0.685. The van der Waals surface area contributed by atoms with Gasteiger partial charge in [0.2, 0.25) is 11.8 Å². The fourth-order valence-electron chi connectivity index (χ4n) is 3.81. The van der Waals surface area contributed by atoms with Crippen molar-refractivity contribution in [3.05, 3.63) is 64.2 Å². The van der Waals surface area contributed by atoms with Crippen LogP contribution in [0.5, 0.6) is 0 Å². The van der Waals surface area contributed by atoms with Crippen molar-refractivity contribution in [2.75, 3.05) is 5.32 Å². The maximum atomic E-state index is 12.9. The Morgan fingerprint density at radius 3 is 2.81 bits per heavy atom. The molecule has 2 aliphatic heterocycles. The number of hydrogen-bond acceptors (Lipinski definition) is 6. The topological polar surface area (TPSA) is 129 Å². The van der Waals surface area contributed by atoms with Gasteiger partial charge in [0.1, 0.15) is 12.6 Å². The lowest BCUT2D eigenvalue weighted by Gasteiger charge is -2.29. The van der Waals surface area contributed by atoms with Crippen LogP contribution in [0.2, 0.25) is 0 Å². The Bertz CT molecular complexity index is 1180. The predicted octanol–water partition coefficient (Wildman–Crippen LogP) is 2.38. The molecule has 0 bridgehead atoms. The quantitative estimate of drug-likeness (QED) is 0.714. The highest BCUT2D eigenvalue weighted by Gasteiger charge is 2.39. The number of piperidine rings is 1. The zero-order valence-corrected chi connectivity index (χ0v) is 17.3. The zero-order chi connectivity index (χ0) is 22.8. The van der Waals surface area contributed by atoms with Crippen molar-refractivity contribution in [3.8, 4) is 6.07 Å². The summed E-state index contributed by atoms with van der Waals surface area (Å²) < 4.78 is 5.24. The predicted molar refractivity (Wildman–Crippen MR) is 112 cm³/mol. The summed E-state index contributed by atoms with van der Waals surface area (Å²) in [6.07, 6.45) is -0.191. The van der Waals surface area contributed by atoms with Crippen LogP contribution in [-0.2, 0) is 27.5 Å². The molecule has 1 unspecified atom stereocenters. The number of nitrogens with zero attached hydrogens (tertiary/aromatic N) is 2. The largest absolute Gasteiger partial charge is 0.444 e. The van der Waals surface area contributed by atoms with Gasteiger partial charge in [-0.25, -0.2) is 4.79 Å². The minimum Gasteiger partial charge on any atom is -0.444 e. The van der Waals surface area contributed by atoms with E-state index in [-0.39, 0.29) is 31.4 Å². The van der Waals surface area contributed by atoms with Crippen molar-refractivity contribution in [2.24, 2.45) is 0 Å². The van der Waals surface area contributed by atoms with Gasteiger partial charge >= 0.3 is 6.09 Å². The van der Waals surface area contributed by atoms with Crippen molar-refractivity contribution in [3.63, 3.8) is 0 Å². The standard InChI is InChI=1S/C23H20N4O5/c1-13-2-5-17(9-16(13)10-24)25-23(31)32-12-14-3-4-15-11-27(22(30)18(15)8-14)19-6-7-20(28)26-21(19)29/h2-5,8-9,19H,6-7,11-12H2,1H3,(H,25,31)(H,26,28,29). The average Bonchev–Trinajstić information content (AvgIpc) is 3.09. The number of amides is 4. The summed E-state index contributed by atoms with van der Waals surface area (Å²) in [6.45, 7) is 2.04. The number of hydrogen-bond donors (Lipinski definition) is 2. The molecular weight excluding hydrogens is 412 g/mol. The number of nitriles is 1. The molecule has 4 amide bonds. The molecule has 0 aromatic heterocycles. The molecule has 1 atom stereocenters. The molecule has 4 rings (SSSR count). The first kappa shape index (κ1) is 21.1. The van der Waals surface area contributed by atoms with Crippen LogP contribution < -0.4 is 10.6 Å². The van der Waals surface area contributed by atoms with E-state index in [0.717, 1.165) is 11.1 Å². The van der Waals surface area contributed by atoms with Gasteiger partial charge in [-0.15, -0.1) is 0 Å². The molecule has 0 radical (unpaired) electrons. The van der Waals surface area contributed by atoms with Crippen molar-refractivity contribution in [1.29, 1.82) is 5.26 Å². The van der Waals surface area contributed by atoms with Gasteiger partial charge in [-0.05, 0) is 48.2 Å². The lowest BCUT2D eigenvalue weighted by Crippen LogP contribution is -2.52. The normalized spacial score (nSPS) is 17.4. The lowest BCUT2D eigenvalue weighted by atomic mass is 10.0. The van der Waals surface area contributed by atoms with E-state index in [1.165, 1.54) is 4.90 Å². The second kappa shape index (κ2) is 8.51. The summed E-state index contributed by atoms with van der Waals surface area (Å²) in [5.74, 6) is -1.08. The summed E-state index contributed by atoms with van der Waals surface area (Å²) in [5.41, 5.74) is 3.56. The fourth-order valence-corrected chi connectivity index (χ4v) is 3.81. The van der Waals surface area contributed by atoms with E-state index >= 15 is 0 Å². The van der Waals surface area contributed by atoms with Crippen LogP contribution in [-0.4, -0.2) is 34.8 Å². The average molecular weight is 432 g/mol. The van der Waals surface area contributed by atoms with Crippen molar-refractivity contribution < 1.29 is 23.9 Å². The first-order chi connectivity index (χ1) is 15.4. The first-order valence-corrected chi connectivity index (χ1v) is 10.1. The van der Waals surface area contributed by atoms with Crippen LogP contribution in [0.3, 0.4) is 0 Å². The molecule has 32 heavy (non-hydrogen) atoms. The van der Waals surface area contributed by atoms with E-state index in [9.17, 15) is 19.2 Å². The van der Waals surface area contributed by atoms with Crippen LogP contribution in [0, 0.1) is 18.3 Å². The molecular formula is C23H20N4O5. The molecule has 9 heteroatoms. The number of fused-ring (bicyclic) bond motifs is 1. The summed E-state index contributed by atoms with van der Waals surface area (Å²) in [4.78, 5) is 50.0. The summed E-state index contributed by atoms with van der Waals surface area (Å²) in [6, 6.07) is 11.5. The second-order valence-corrected chi connectivity index (χ2v) is 7.73. The highest BCUT2D eigenvalue weighted by Crippen LogP contribution is 2.28. The number of carbonyl (C=O) groups excluding carboxylic acids is 4. The van der Waals surface area contributed by atoms with Gasteiger partial charge in [0.05, 0.1) is 11.6 Å². The van der Waals surface area contributed by atoms with Gasteiger partial charge in [-0.1, -0.05) is 18.2 Å². The molecule has 0 saturated carbocycles. The number of carbonyl (C=O) groups is 4. The highest BCUT2D eigenvalue weighted by atomic mass is 16.5. The van der Waals surface area contributed by atoms with Crippen LogP contribution in [0.25, 0.3) is 0 Å². The summed E-state index contributed by atoms with van der Waals surface area (Å²) in [7, 11) is 0. The van der Waals surface area contributed by atoms with Gasteiger partial charge in [0.25, 0.3) is 5.91 Å².